The monoisotopic (exact) mass is 391 g/mol. The zero-order valence-electron chi connectivity index (χ0n) is 15.5. The Labute approximate surface area is 161 Å². The molecule has 0 saturated heterocycles. The van der Waals surface area contributed by atoms with Gasteiger partial charge in [0.25, 0.3) is 0 Å². The van der Waals surface area contributed by atoms with Crippen molar-refractivity contribution in [3.63, 3.8) is 0 Å². The van der Waals surface area contributed by atoms with Crippen LogP contribution < -0.4 is 5.73 Å². The van der Waals surface area contributed by atoms with Crippen molar-refractivity contribution in [2.24, 2.45) is 17.6 Å². The summed E-state index contributed by atoms with van der Waals surface area (Å²) < 4.78 is 8.88. The molecule has 0 amide bonds. The third-order valence-corrected chi connectivity index (χ3v) is 5.04. The number of rotatable bonds is 1. The Bertz CT molecular complexity index is 643. The molecule has 6 heteroatoms. The van der Waals surface area contributed by atoms with Gasteiger partial charge in [-0.1, -0.05) is 79.9 Å². The highest BCUT2D eigenvalue weighted by molar-refractivity contribution is 7.45. The van der Waals surface area contributed by atoms with Gasteiger partial charge < -0.3 is 20.4 Å². The van der Waals surface area contributed by atoms with Crippen molar-refractivity contribution in [2.45, 2.75) is 44.6 Å². The first-order valence-corrected chi connectivity index (χ1v) is 11.0. The Balaban J connectivity index is 0.000000158. The number of phosphoric acid groups is 1. The number of hydrogen-bond donors (Lipinski definition) is 4. The molecule has 0 heterocycles. The van der Waals surface area contributed by atoms with E-state index in [1.165, 1.54) is 49.7 Å². The van der Waals surface area contributed by atoms with Gasteiger partial charge in [0.15, 0.2) is 0 Å². The molecule has 5 N–H and O–H groups in total. The van der Waals surface area contributed by atoms with Crippen molar-refractivity contribution < 1.29 is 19.2 Å². The summed E-state index contributed by atoms with van der Waals surface area (Å²) in [5, 5.41) is 0. The summed E-state index contributed by atoms with van der Waals surface area (Å²) in [4.78, 5) is 21.6. The van der Waals surface area contributed by atoms with Crippen LogP contribution in [0.1, 0.15) is 38.5 Å². The Hall–Kier alpha value is -1.49. The quantitative estimate of drug-likeness (QED) is 0.542. The maximum absolute atomic E-state index is 8.88. The molecule has 2 aliphatic carbocycles. The van der Waals surface area contributed by atoms with E-state index in [1.54, 1.807) is 0 Å². The van der Waals surface area contributed by atoms with E-state index in [9.17, 15) is 0 Å². The molecule has 4 rings (SSSR count). The van der Waals surface area contributed by atoms with E-state index in [0.29, 0.717) is 6.04 Å². The predicted molar refractivity (Wildman–Crippen MR) is 109 cm³/mol. The highest BCUT2D eigenvalue weighted by Gasteiger charge is 2.29. The maximum Gasteiger partial charge on any atom is 0.466 e. The summed E-state index contributed by atoms with van der Waals surface area (Å²) in [6, 6.07) is 21.3. The molecular weight excluding hydrogens is 361 g/mol. The van der Waals surface area contributed by atoms with E-state index in [1.807, 2.05) is 12.1 Å². The van der Waals surface area contributed by atoms with Gasteiger partial charge in [-0.15, -0.1) is 0 Å². The minimum atomic E-state index is -4.64. The molecule has 2 aromatic rings. The standard InChI is InChI=1S/C12H10.C9H17N.H3O4P/c1-3-7-11(8-4-1)12-9-5-2-6-10-12;10-9-5-7-2-1-3-8(4-7)6-9;1-5(2,3)4/h1-10H;7-9H,1-6,10H2;(H3,1,2,3,4). The van der Waals surface area contributed by atoms with Crippen LogP contribution in [-0.2, 0) is 4.57 Å². The summed E-state index contributed by atoms with van der Waals surface area (Å²) in [6.07, 6.45) is 8.52. The smallest absolute Gasteiger partial charge is 0.328 e. The second-order valence-electron chi connectivity index (χ2n) is 7.38. The van der Waals surface area contributed by atoms with Crippen molar-refractivity contribution in [3.05, 3.63) is 60.7 Å². The Kier molecular flexibility index (Phi) is 8.68. The molecular formula is C21H30NO4P. The minimum Gasteiger partial charge on any atom is -0.328 e. The van der Waals surface area contributed by atoms with Gasteiger partial charge in [-0.05, 0) is 42.2 Å². The molecule has 2 fully saturated rings. The predicted octanol–water partition coefficient (Wildman–Crippen LogP) is 4.34. The molecule has 2 aromatic carbocycles. The van der Waals surface area contributed by atoms with Crippen LogP contribution in [0.15, 0.2) is 60.7 Å². The van der Waals surface area contributed by atoms with E-state index >= 15 is 0 Å². The lowest BCUT2D eigenvalue weighted by molar-refractivity contribution is 0.171. The van der Waals surface area contributed by atoms with Gasteiger partial charge >= 0.3 is 7.82 Å². The fourth-order valence-corrected chi connectivity index (χ4v) is 4.04. The molecule has 27 heavy (non-hydrogen) atoms. The number of benzene rings is 2. The maximum atomic E-state index is 8.88. The van der Waals surface area contributed by atoms with Crippen LogP contribution in [0, 0.1) is 11.8 Å². The molecule has 148 valence electrons. The first kappa shape index (κ1) is 21.8. The number of fused-ring (bicyclic) bond motifs is 2. The van der Waals surface area contributed by atoms with Gasteiger partial charge in [0.2, 0.25) is 0 Å². The van der Waals surface area contributed by atoms with Crippen LogP contribution in [0.25, 0.3) is 11.1 Å². The SMILES string of the molecule is NC1CC2CCCC(C1)C2.O=P(O)(O)O.c1ccc(-c2ccccc2)cc1. The Morgan fingerprint density at radius 2 is 1.11 bits per heavy atom. The fourth-order valence-electron chi connectivity index (χ4n) is 4.04. The third kappa shape index (κ3) is 9.32. The topological polar surface area (TPSA) is 104 Å². The second-order valence-corrected chi connectivity index (χ2v) is 8.40. The highest BCUT2D eigenvalue weighted by Crippen LogP contribution is 2.38. The van der Waals surface area contributed by atoms with Crippen molar-refractivity contribution in [2.75, 3.05) is 0 Å². The lowest BCUT2D eigenvalue weighted by Crippen LogP contribution is -2.35. The molecule has 0 spiro atoms. The molecule has 2 aliphatic rings. The zero-order chi connectivity index (χ0) is 19.7. The van der Waals surface area contributed by atoms with Crippen LogP contribution in [0.5, 0.6) is 0 Å². The van der Waals surface area contributed by atoms with Crippen molar-refractivity contribution in [1.82, 2.24) is 0 Å². The minimum absolute atomic E-state index is 0.545. The average Bonchev–Trinajstić information content (AvgIpc) is 2.62. The van der Waals surface area contributed by atoms with Crippen LogP contribution in [-0.4, -0.2) is 20.7 Å². The molecule has 2 saturated carbocycles. The third-order valence-electron chi connectivity index (χ3n) is 5.04. The Morgan fingerprint density at radius 1 is 0.741 bits per heavy atom. The first-order chi connectivity index (χ1) is 12.8. The van der Waals surface area contributed by atoms with Crippen molar-refractivity contribution in [1.29, 1.82) is 0 Å². The first-order valence-electron chi connectivity index (χ1n) is 9.45. The molecule has 2 atom stereocenters. The molecule has 2 bridgehead atoms. The number of nitrogens with two attached hydrogens (primary N) is 1. The normalized spacial score (nSPS) is 23.9. The van der Waals surface area contributed by atoms with Crippen LogP contribution in [0.2, 0.25) is 0 Å². The van der Waals surface area contributed by atoms with Gasteiger partial charge in [-0.25, -0.2) is 4.57 Å². The van der Waals surface area contributed by atoms with E-state index in [4.69, 9.17) is 25.0 Å². The fraction of sp³-hybridized carbons (Fsp3) is 0.429. The highest BCUT2D eigenvalue weighted by atomic mass is 31.2. The molecule has 0 radical (unpaired) electrons. The lowest BCUT2D eigenvalue weighted by atomic mass is 9.71. The molecule has 0 aliphatic heterocycles. The zero-order valence-corrected chi connectivity index (χ0v) is 16.4. The van der Waals surface area contributed by atoms with Crippen LogP contribution in [0.3, 0.4) is 0 Å². The lowest BCUT2D eigenvalue weighted by Gasteiger charge is -2.37. The van der Waals surface area contributed by atoms with E-state index in [-0.39, 0.29) is 0 Å². The van der Waals surface area contributed by atoms with Gasteiger partial charge in [-0.3, -0.25) is 0 Å². The van der Waals surface area contributed by atoms with E-state index in [0.717, 1.165) is 11.8 Å². The Morgan fingerprint density at radius 3 is 1.48 bits per heavy atom. The number of hydrogen-bond acceptors (Lipinski definition) is 2. The molecule has 0 aromatic heterocycles. The van der Waals surface area contributed by atoms with Crippen LogP contribution in [0.4, 0.5) is 0 Å². The van der Waals surface area contributed by atoms with Crippen LogP contribution >= 0.6 is 7.82 Å². The van der Waals surface area contributed by atoms with Gasteiger partial charge in [0.1, 0.15) is 0 Å². The summed E-state index contributed by atoms with van der Waals surface area (Å²) in [5.74, 6) is 2.00. The van der Waals surface area contributed by atoms with Crippen molar-refractivity contribution >= 4 is 7.82 Å². The molecule has 5 nitrogen and oxygen atoms in total. The average molecular weight is 391 g/mol. The summed E-state index contributed by atoms with van der Waals surface area (Å²) in [6.45, 7) is 0. The van der Waals surface area contributed by atoms with Gasteiger partial charge in [0, 0.05) is 6.04 Å². The van der Waals surface area contributed by atoms with Crippen molar-refractivity contribution in [3.8, 4) is 11.1 Å². The molecule has 2 unspecified atom stereocenters. The largest absolute Gasteiger partial charge is 0.466 e. The summed E-state index contributed by atoms with van der Waals surface area (Å²) in [7, 11) is -4.64. The van der Waals surface area contributed by atoms with E-state index < -0.39 is 7.82 Å². The summed E-state index contributed by atoms with van der Waals surface area (Å²) in [5.41, 5.74) is 8.48. The van der Waals surface area contributed by atoms with Gasteiger partial charge in [-0.2, -0.15) is 0 Å². The summed E-state index contributed by atoms with van der Waals surface area (Å²) >= 11 is 0. The van der Waals surface area contributed by atoms with Gasteiger partial charge in [0.05, 0.1) is 0 Å². The van der Waals surface area contributed by atoms with E-state index in [2.05, 4.69) is 48.5 Å². The second kappa shape index (κ2) is 10.7.